The number of aromatic nitrogens is 1. The minimum Gasteiger partial charge on any atom is -0.496 e. The smallest absolute Gasteiger partial charge is 0.223 e. The molecule has 1 aliphatic rings. The zero-order valence-electron chi connectivity index (χ0n) is 12.3. The van der Waals surface area contributed by atoms with Gasteiger partial charge in [-0.3, -0.25) is 4.79 Å². The van der Waals surface area contributed by atoms with Gasteiger partial charge in [0.25, 0.3) is 0 Å². The highest BCUT2D eigenvalue weighted by Gasteiger charge is 2.23. The van der Waals surface area contributed by atoms with Gasteiger partial charge >= 0.3 is 0 Å². The number of fused-ring (bicyclic) bond motifs is 1. The molecule has 0 spiro atoms. The van der Waals surface area contributed by atoms with Gasteiger partial charge in [-0.15, -0.1) is 0 Å². The lowest BCUT2D eigenvalue weighted by Crippen LogP contribution is -2.35. The molecule has 6 heteroatoms. The number of carbonyl (C=O) groups excluding carboxylic acids is 1. The predicted molar refractivity (Wildman–Crippen MR) is 84.6 cm³/mol. The maximum absolute atomic E-state index is 12.4. The summed E-state index contributed by atoms with van der Waals surface area (Å²) in [7, 11) is 1.65. The van der Waals surface area contributed by atoms with Crippen LogP contribution >= 0.6 is 15.9 Å². The van der Waals surface area contributed by atoms with Crippen LogP contribution in [0.2, 0.25) is 0 Å². The van der Waals surface area contributed by atoms with E-state index in [1.165, 1.54) is 0 Å². The number of benzene rings is 1. The molecule has 0 fully saturated rings. The van der Waals surface area contributed by atoms with E-state index in [0.717, 1.165) is 33.5 Å². The Kier molecular flexibility index (Phi) is 4.47. The van der Waals surface area contributed by atoms with Gasteiger partial charge in [0.2, 0.25) is 5.91 Å². The lowest BCUT2D eigenvalue weighted by atomic mass is 10.1. The quantitative estimate of drug-likeness (QED) is 0.836. The molecule has 0 saturated heterocycles. The molecule has 1 aliphatic heterocycles. The summed E-state index contributed by atoms with van der Waals surface area (Å²) in [5.74, 6) is 1.86. The van der Waals surface area contributed by atoms with E-state index in [0.29, 0.717) is 25.9 Å². The fourth-order valence-corrected chi connectivity index (χ4v) is 3.10. The number of carbonyl (C=O) groups is 1. The minimum atomic E-state index is 0.147. The average Bonchev–Trinajstić information content (AvgIpc) is 3.00. The number of aryl methyl sites for hydroxylation is 1. The standard InChI is InChI=1S/C16H17BrN2O3/c1-21-14-4-3-13(17)8-11(14)2-5-16(20)19-7-6-15-12(10-19)9-18-22-15/h3-4,8-9H,2,5-7,10H2,1H3. The molecule has 0 atom stereocenters. The molecule has 2 heterocycles. The van der Waals surface area contributed by atoms with E-state index in [1.54, 1.807) is 13.3 Å². The number of amides is 1. The first kappa shape index (κ1) is 15.1. The molecule has 3 rings (SSSR count). The third-order valence-electron chi connectivity index (χ3n) is 3.90. The van der Waals surface area contributed by atoms with Crippen molar-refractivity contribution in [2.24, 2.45) is 0 Å². The normalized spacial score (nSPS) is 13.8. The molecule has 0 radical (unpaired) electrons. The van der Waals surface area contributed by atoms with Crippen LogP contribution in [0.25, 0.3) is 0 Å². The molecular formula is C16H17BrN2O3. The van der Waals surface area contributed by atoms with E-state index < -0.39 is 0 Å². The average molecular weight is 365 g/mol. The number of hydrogen-bond donors (Lipinski definition) is 0. The first-order chi connectivity index (χ1) is 10.7. The Labute approximate surface area is 137 Å². The van der Waals surface area contributed by atoms with E-state index in [9.17, 15) is 4.79 Å². The SMILES string of the molecule is COc1ccc(Br)cc1CCC(=O)N1CCc2oncc2C1. The summed E-state index contributed by atoms with van der Waals surface area (Å²) in [5, 5.41) is 3.79. The van der Waals surface area contributed by atoms with E-state index in [1.807, 2.05) is 23.1 Å². The Morgan fingerprint density at radius 2 is 2.36 bits per heavy atom. The maximum atomic E-state index is 12.4. The zero-order valence-corrected chi connectivity index (χ0v) is 13.9. The number of nitrogens with zero attached hydrogens (tertiary/aromatic N) is 2. The van der Waals surface area contributed by atoms with Gasteiger partial charge in [0.1, 0.15) is 11.5 Å². The lowest BCUT2D eigenvalue weighted by Gasteiger charge is -2.25. The fraction of sp³-hybridized carbons (Fsp3) is 0.375. The van der Waals surface area contributed by atoms with Crippen LogP contribution in [0.3, 0.4) is 0 Å². The molecule has 0 aliphatic carbocycles. The van der Waals surface area contributed by atoms with Gasteiger partial charge in [-0.2, -0.15) is 0 Å². The Morgan fingerprint density at radius 1 is 1.50 bits per heavy atom. The zero-order chi connectivity index (χ0) is 15.5. The van der Waals surface area contributed by atoms with Crippen molar-refractivity contribution in [3.63, 3.8) is 0 Å². The lowest BCUT2D eigenvalue weighted by molar-refractivity contribution is -0.132. The van der Waals surface area contributed by atoms with Gasteiger partial charge in [0.05, 0.1) is 19.9 Å². The van der Waals surface area contributed by atoms with Gasteiger partial charge < -0.3 is 14.2 Å². The molecule has 1 aromatic heterocycles. The Morgan fingerprint density at radius 3 is 3.18 bits per heavy atom. The minimum absolute atomic E-state index is 0.147. The number of hydrogen-bond acceptors (Lipinski definition) is 4. The molecule has 1 amide bonds. The Bertz CT molecular complexity index is 684. The highest BCUT2D eigenvalue weighted by Crippen LogP contribution is 2.25. The highest BCUT2D eigenvalue weighted by atomic mass is 79.9. The first-order valence-corrected chi connectivity index (χ1v) is 7.99. The van der Waals surface area contributed by atoms with Gasteiger partial charge in [-0.1, -0.05) is 21.1 Å². The molecule has 0 bridgehead atoms. The van der Waals surface area contributed by atoms with Crippen LogP contribution in [-0.4, -0.2) is 29.6 Å². The summed E-state index contributed by atoms with van der Waals surface area (Å²) in [6, 6.07) is 5.84. The van der Waals surface area contributed by atoms with Crippen molar-refractivity contribution in [1.82, 2.24) is 10.1 Å². The van der Waals surface area contributed by atoms with E-state index >= 15 is 0 Å². The summed E-state index contributed by atoms with van der Waals surface area (Å²) in [5.41, 5.74) is 2.05. The van der Waals surface area contributed by atoms with Crippen molar-refractivity contribution < 1.29 is 14.1 Å². The second-order valence-electron chi connectivity index (χ2n) is 5.30. The van der Waals surface area contributed by atoms with Crippen molar-refractivity contribution in [3.05, 3.63) is 45.8 Å². The molecular weight excluding hydrogens is 348 g/mol. The van der Waals surface area contributed by atoms with Crippen LogP contribution in [-0.2, 0) is 24.2 Å². The molecule has 0 N–H and O–H groups in total. The largest absolute Gasteiger partial charge is 0.496 e. The number of ether oxygens (including phenoxy) is 1. The Balaban J connectivity index is 1.62. The summed E-state index contributed by atoms with van der Waals surface area (Å²) in [4.78, 5) is 14.3. The molecule has 2 aromatic rings. The van der Waals surface area contributed by atoms with Crippen LogP contribution in [0.4, 0.5) is 0 Å². The summed E-state index contributed by atoms with van der Waals surface area (Å²) < 4.78 is 11.5. The van der Waals surface area contributed by atoms with Gasteiger partial charge in [0.15, 0.2) is 0 Å². The third-order valence-corrected chi connectivity index (χ3v) is 4.40. The summed E-state index contributed by atoms with van der Waals surface area (Å²) in [6.07, 6.45) is 3.56. The van der Waals surface area contributed by atoms with Crippen molar-refractivity contribution in [2.75, 3.05) is 13.7 Å². The topological polar surface area (TPSA) is 55.6 Å². The molecule has 22 heavy (non-hydrogen) atoms. The first-order valence-electron chi connectivity index (χ1n) is 7.20. The molecule has 1 aromatic carbocycles. The predicted octanol–water partition coefficient (Wildman–Crippen LogP) is 2.96. The summed E-state index contributed by atoms with van der Waals surface area (Å²) in [6.45, 7) is 1.28. The molecule has 0 saturated carbocycles. The second-order valence-corrected chi connectivity index (χ2v) is 6.21. The monoisotopic (exact) mass is 364 g/mol. The van der Waals surface area contributed by atoms with Gasteiger partial charge in [0, 0.05) is 29.4 Å². The fourth-order valence-electron chi connectivity index (χ4n) is 2.70. The highest BCUT2D eigenvalue weighted by molar-refractivity contribution is 9.10. The van der Waals surface area contributed by atoms with Crippen molar-refractivity contribution in [1.29, 1.82) is 0 Å². The van der Waals surface area contributed by atoms with E-state index in [2.05, 4.69) is 21.1 Å². The van der Waals surface area contributed by atoms with Crippen LogP contribution < -0.4 is 4.74 Å². The van der Waals surface area contributed by atoms with E-state index in [-0.39, 0.29) is 5.91 Å². The summed E-state index contributed by atoms with van der Waals surface area (Å²) >= 11 is 3.45. The Hall–Kier alpha value is -1.82. The van der Waals surface area contributed by atoms with E-state index in [4.69, 9.17) is 9.26 Å². The second kappa shape index (κ2) is 6.52. The molecule has 0 unspecified atom stereocenters. The van der Waals surface area contributed by atoms with Crippen LogP contribution in [0, 0.1) is 0 Å². The maximum Gasteiger partial charge on any atom is 0.223 e. The molecule has 5 nitrogen and oxygen atoms in total. The van der Waals surface area contributed by atoms with Crippen molar-refractivity contribution in [2.45, 2.75) is 25.8 Å². The number of methoxy groups -OCH3 is 1. The number of halogens is 1. The van der Waals surface area contributed by atoms with Crippen LogP contribution in [0.1, 0.15) is 23.3 Å². The number of rotatable bonds is 4. The van der Waals surface area contributed by atoms with Crippen molar-refractivity contribution >= 4 is 21.8 Å². The van der Waals surface area contributed by atoms with Gasteiger partial charge in [-0.25, -0.2) is 0 Å². The third kappa shape index (κ3) is 3.16. The van der Waals surface area contributed by atoms with Crippen LogP contribution in [0.5, 0.6) is 5.75 Å². The van der Waals surface area contributed by atoms with Crippen molar-refractivity contribution in [3.8, 4) is 5.75 Å². The van der Waals surface area contributed by atoms with Crippen LogP contribution in [0.15, 0.2) is 33.4 Å². The molecule has 116 valence electrons. The van der Waals surface area contributed by atoms with Gasteiger partial charge in [-0.05, 0) is 30.2 Å².